The number of aliphatic hydroxyl groups excluding tert-OH is 1. The molecule has 1 aromatic carbocycles. The van der Waals surface area contributed by atoms with Crippen LogP contribution >= 0.6 is 0 Å². The topological polar surface area (TPSA) is 91.5 Å². The van der Waals surface area contributed by atoms with Gasteiger partial charge in [-0.25, -0.2) is 0 Å². The van der Waals surface area contributed by atoms with Crippen LogP contribution in [0.5, 0.6) is 5.75 Å². The largest absolute Gasteiger partial charge is 0.508 e. The Balaban J connectivity index is 1.17. The average Bonchev–Trinajstić information content (AvgIpc) is 3.76. The van der Waals surface area contributed by atoms with Crippen molar-refractivity contribution in [3.8, 4) is 17.6 Å². The Kier molecular flexibility index (Phi) is 9.23. The van der Waals surface area contributed by atoms with Crippen LogP contribution in [-0.4, -0.2) is 38.5 Å². The van der Waals surface area contributed by atoms with E-state index < -0.39 is 11.1 Å². The molecule has 13 unspecified atom stereocenters. The second-order valence-electron chi connectivity index (χ2n) is 20.6. The van der Waals surface area contributed by atoms with E-state index in [2.05, 4.69) is 62.8 Å². The molecule has 288 valence electrons. The Labute approximate surface area is 320 Å². The number of aromatic amines is 1. The lowest BCUT2D eigenvalue weighted by Crippen LogP contribution is -2.84. The van der Waals surface area contributed by atoms with Crippen LogP contribution in [0.4, 0.5) is 0 Å². The predicted molar refractivity (Wildman–Crippen MR) is 212 cm³/mol. The molecule has 13 atom stereocenters. The first-order valence-electron chi connectivity index (χ1n) is 22.0. The Bertz CT molecular complexity index is 1740. The molecule has 6 aliphatic carbocycles. The maximum Gasteiger partial charge on any atom is 0.115 e. The van der Waals surface area contributed by atoms with E-state index in [0.717, 1.165) is 56.8 Å². The van der Waals surface area contributed by atoms with Gasteiger partial charge in [-0.3, -0.25) is 0 Å². The van der Waals surface area contributed by atoms with Gasteiger partial charge in [0.15, 0.2) is 0 Å². The van der Waals surface area contributed by atoms with E-state index in [1.54, 1.807) is 0 Å². The molecule has 5 heteroatoms. The minimum Gasteiger partial charge on any atom is -0.508 e. The van der Waals surface area contributed by atoms with Gasteiger partial charge in [-0.05, 0) is 185 Å². The average molecular weight is 721 g/mol. The minimum atomic E-state index is -0.601. The smallest absolute Gasteiger partial charge is 0.115 e. The van der Waals surface area contributed by atoms with Crippen LogP contribution < -0.4 is 5.73 Å². The van der Waals surface area contributed by atoms with Gasteiger partial charge in [0, 0.05) is 42.3 Å². The van der Waals surface area contributed by atoms with Crippen LogP contribution in [0.25, 0.3) is 0 Å². The summed E-state index contributed by atoms with van der Waals surface area (Å²) in [4.78, 5) is 3.69. The van der Waals surface area contributed by atoms with E-state index in [4.69, 9.17) is 10.5 Å². The Hall–Kier alpha value is -2.26. The number of hydrogen-bond acceptors (Lipinski definition) is 4. The van der Waals surface area contributed by atoms with Crippen LogP contribution in [-0.2, 0) is 24.0 Å². The zero-order chi connectivity index (χ0) is 36.8. The summed E-state index contributed by atoms with van der Waals surface area (Å²) in [6, 6.07) is 8.48. The number of fused-ring (bicyclic) bond motifs is 4. The lowest BCUT2D eigenvalue weighted by molar-refractivity contribution is -0.362. The van der Waals surface area contributed by atoms with Gasteiger partial charge in [-0.2, -0.15) is 0 Å². The molecular formula is C48H68N2O3. The highest BCUT2D eigenvalue weighted by Gasteiger charge is 2.76. The van der Waals surface area contributed by atoms with Crippen LogP contribution in [0.15, 0.2) is 30.5 Å². The van der Waals surface area contributed by atoms with E-state index in [1.807, 2.05) is 12.1 Å². The molecule has 0 radical (unpaired) electrons. The highest BCUT2D eigenvalue weighted by atomic mass is 16.5. The fraction of sp³-hybridized carbons (Fsp3) is 0.750. The van der Waals surface area contributed by atoms with Crippen LogP contribution in [0.1, 0.15) is 146 Å². The van der Waals surface area contributed by atoms with Crippen molar-refractivity contribution in [3.63, 3.8) is 0 Å². The van der Waals surface area contributed by atoms with Crippen molar-refractivity contribution in [2.24, 2.45) is 64.4 Å². The summed E-state index contributed by atoms with van der Waals surface area (Å²) in [7, 11) is 0. The van der Waals surface area contributed by atoms with Gasteiger partial charge in [0.25, 0.3) is 0 Å². The molecule has 5 saturated carbocycles. The number of aromatic nitrogens is 1. The van der Waals surface area contributed by atoms with Gasteiger partial charge < -0.3 is 25.7 Å². The number of phenols is 1. The Morgan fingerprint density at radius 1 is 1.00 bits per heavy atom. The van der Waals surface area contributed by atoms with Gasteiger partial charge in [0.2, 0.25) is 0 Å². The van der Waals surface area contributed by atoms with Crippen LogP contribution in [0.2, 0.25) is 0 Å². The summed E-state index contributed by atoms with van der Waals surface area (Å²) in [6.07, 6.45) is 22.0. The molecule has 1 aromatic heterocycles. The van der Waals surface area contributed by atoms with E-state index in [1.165, 1.54) is 80.2 Å². The number of phenolic OH excluding ortho intramolecular Hbond substituents is 1. The highest BCUT2D eigenvalue weighted by Crippen LogP contribution is 2.71. The Morgan fingerprint density at radius 3 is 2.66 bits per heavy atom. The van der Waals surface area contributed by atoms with Crippen molar-refractivity contribution < 1.29 is 14.9 Å². The van der Waals surface area contributed by atoms with E-state index in [-0.39, 0.29) is 30.0 Å². The summed E-state index contributed by atoms with van der Waals surface area (Å²) in [6.45, 7) is 9.69. The second kappa shape index (κ2) is 13.4. The SMILES string of the molecule is CCc1c[nH]c(C2CCCC(C3(C)OC45CC6CCC(CO)C(N)(C63)C4C#CCc3cc(O)ccc3CC3CC5CC4(CCC(CC(C)C)C4)C3)C2)c1. The number of aryl methyl sites for hydroxylation is 1. The normalized spacial score (nSPS) is 44.5. The fourth-order valence-corrected chi connectivity index (χ4v) is 15.2. The highest BCUT2D eigenvalue weighted by molar-refractivity contribution is 5.40. The van der Waals surface area contributed by atoms with Gasteiger partial charge in [0.05, 0.1) is 17.1 Å². The first-order chi connectivity index (χ1) is 25.5. The molecule has 2 saturated heterocycles. The molecule has 10 rings (SSSR count). The molecule has 5 N–H and O–H groups in total. The summed E-state index contributed by atoms with van der Waals surface area (Å²) >= 11 is 0. The van der Waals surface area contributed by atoms with E-state index >= 15 is 0 Å². The summed E-state index contributed by atoms with van der Waals surface area (Å²) < 4.78 is 8.24. The molecule has 5 nitrogen and oxygen atoms in total. The number of nitrogens with one attached hydrogen (secondary N) is 1. The van der Waals surface area contributed by atoms with Crippen molar-refractivity contribution in [3.05, 3.63) is 52.8 Å². The third-order valence-electron chi connectivity index (χ3n) is 17.1. The molecule has 0 amide bonds. The van der Waals surface area contributed by atoms with Gasteiger partial charge >= 0.3 is 0 Å². The third kappa shape index (κ3) is 5.89. The molecule has 2 spiro atoms. The van der Waals surface area contributed by atoms with E-state index in [0.29, 0.717) is 47.2 Å². The summed E-state index contributed by atoms with van der Waals surface area (Å²) in [5.41, 5.74) is 12.5. The standard InChI is InChI=1S/C48H68N2O3/c1-5-31-21-42(50-28-31)36-9-6-10-38(22-36)45(4)44-37-12-14-39(29-51)48(44,49)43-11-7-8-34-23-41(52)15-13-35(34)19-33-20-40(47(43,26-37)53-45)27-46(25-33)17-16-32(24-46)18-30(2)3/h13,15,21,23,28,30,32-33,36-40,43-44,50-52H,5-6,8-10,12,14,16-20,22,24-27,29,49H2,1-4H3. The number of hydrogen-bond donors (Lipinski definition) is 4. The summed E-state index contributed by atoms with van der Waals surface area (Å²) in [5, 5.41) is 21.9. The number of benzene rings is 1. The lowest BCUT2D eigenvalue weighted by Gasteiger charge is -2.75. The van der Waals surface area contributed by atoms with Gasteiger partial charge in [-0.1, -0.05) is 45.1 Å². The molecule has 2 aliphatic heterocycles. The van der Waals surface area contributed by atoms with Crippen molar-refractivity contribution in [2.45, 2.75) is 160 Å². The number of aliphatic hydroxyl groups is 1. The number of nitrogens with two attached hydrogens (primary N) is 1. The van der Waals surface area contributed by atoms with E-state index in [9.17, 15) is 10.2 Å². The molecule has 3 heterocycles. The molecule has 53 heavy (non-hydrogen) atoms. The first kappa shape index (κ1) is 36.4. The number of rotatable bonds is 6. The number of H-pyrrole nitrogens is 1. The van der Waals surface area contributed by atoms with Crippen molar-refractivity contribution in [1.29, 1.82) is 0 Å². The van der Waals surface area contributed by atoms with Gasteiger partial charge in [-0.15, -0.1) is 0 Å². The molecular weight excluding hydrogens is 653 g/mol. The molecule has 8 aliphatic rings. The van der Waals surface area contributed by atoms with Crippen molar-refractivity contribution >= 4 is 0 Å². The molecule has 7 fully saturated rings. The van der Waals surface area contributed by atoms with Crippen molar-refractivity contribution in [1.82, 2.24) is 4.98 Å². The minimum absolute atomic E-state index is 0.0255. The molecule has 2 aromatic rings. The van der Waals surface area contributed by atoms with Crippen LogP contribution in [0.3, 0.4) is 0 Å². The zero-order valence-electron chi connectivity index (χ0n) is 33.3. The number of aromatic hydroxyl groups is 1. The third-order valence-corrected chi connectivity index (χ3v) is 17.1. The number of ether oxygens (including phenoxy) is 1. The lowest BCUT2D eigenvalue weighted by atomic mass is 9.38. The predicted octanol–water partition coefficient (Wildman–Crippen LogP) is 9.49. The monoisotopic (exact) mass is 721 g/mol. The van der Waals surface area contributed by atoms with Gasteiger partial charge in [0.1, 0.15) is 5.75 Å². The summed E-state index contributed by atoms with van der Waals surface area (Å²) in [5.74, 6) is 12.1. The zero-order valence-corrected chi connectivity index (χ0v) is 33.3. The first-order valence-corrected chi connectivity index (χ1v) is 22.0. The van der Waals surface area contributed by atoms with Crippen LogP contribution in [0, 0.1) is 70.5 Å². The quantitative estimate of drug-likeness (QED) is 0.224. The second-order valence-corrected chi connectivity index (χ2v) is 20.6. The fourth-order valence-electron chi connectivity index (χ4n) is 15.2. The van der Waals surface area contributed by atoms with Crippen molar-refractivity contribution in [2.75, 3.05) is 6.61 Å². The molecule has 6 bridgehead atoms. The maximum absolute atomic E-state index is 11.3. The maximum atomic E-state index is 11.3. The Morgan fingerprint density at radius 2 is 1.87 bits per heavy atom.